The normalized spacial score (nSPS) is 21.9. The average Bonchev–Trinajstić information content (AvgIpc) is 2.40. The number of benzene rings is 1. The molecular formula is C19H27NO2. The first-order valence-electron chi connectivity index (χ1n) is 8.03. The summed E-state index contributed by atoms with van der Waals surface area (Å²) >= 11 is 0. The average molecular weight is 301 g/mol. The van der Waals surface area contributed by atoms with Crippen molar-refractivity contribution in [1.82, 2.24) is 5.32 Å². The summed E-state index contributed by atoms with van der Waals surface area (Å²) in [6.07, 6.45) is 5.95. The van der Waals surface area contributed by atoms with Crippen LogP contribution >= 0.6 is 0 Å². The van der Waals surface area contributed by atoms with E-state index in [2.05, 4.69) is 42.6 Å². The van der Waals surface area contributed by atoms with Crippen LogP contribution in [0.3, 0.4) is 0 Å². The smallest absolute Gasteiger partial charge is 0.411 e. The minimum atomic E-state index is -0.477. The number of allylic oxidation sites excluding steroid dienone is 2. The van der Waals surface area contributed by atoms with Crippen molar-refractivity contribution >= 4 is 6.09 Å². The molecule has 0 radical (unpaired) electrons. The van der Waals surface area contributed by atoms with Crippen molar-refractivity contribution in [2.45, 2.75) is 59.0 Å². The van der Waals surface area contributed by atoms with Gasteiger partial charge in [-0.05, 0) is 52.0 Å². The second-order valence-electron chi connectivity index (χ2n) is 7.36. The second kappa shape index (κ2) is 6.55. The molecule has 1 amide bonds. The lowest BCUT2D eigenvalue weighted by atomic mass is 9.73. The molecule has 1 unspecified atom stereocenters. The van der Waals surface area contributed by atoms with Gasteiger partial charge in [0.25, 0.3) is 0 Å². The van der Waals surface area contributed by atoms with Crippen molar-refractivity contribution in [2.75, 3.05) is 0 Å². The highest BCUT2D eigenvalue weighted by molar-refractivity contribution is 5.70. The van der Waals surface area contributed by atoms with Gasteiger partial charge in [0.2, 0.25) is 0 Å². The molecule has 0 aliphatic heterocycles. The molecule has 0 fully saturated rings. The van der Waals surface area contributed by atoms with E-state index in [9.17, 15) is 4.79 Å². The highest BCUT2D eigenvalue weighted by Crippen LogP contribution is 2.39. The number of hydrogen-bond donors (Lipinski definition) is 1. The van der Waals surface area contributed by atoms with Crippen molar-refractivity contribution in [2.24, 2.45) is 5.41 Å². The van der Waals surface area contributed by atoms with Crippen molar-refractivity contribution < 1.29 is 9.53 Å². The SMILES string of the molecule is CC(C)(C)OC(=O)NC1=CCCCC1(C)Cc1ccccc1. The summed E-state index contributed by atoms with van der Waals surface area (Å²) < 4.78 is 5.39. The molecule has 0 heterocycles. The number of carbonyl (C=O) groups is 1. The minimum Gasteiger partial charge on any atom is -0.444 e. The quantitative estimate of drug-likeness (QED) is 0.868. The number of hydrogen-bond acceptors (Lipinski definition) is 2. The highest BCUT2D eigenvalue weighted by atomic mass is 16.6. The van der Waals surface area contributed by atoms with Gasteiger partial charge in [-0.2, -0.15) is 0 Å². The van der Waals surface area contributed by atoms with E-state index in [1.54, 1.807) is 0 Å². The van der Waals surface area contributed by atoms with Crippen LogP contribution in [0.25, 0.3) is 0 Å². The number of amides is 1. The Bertz CT molecular complexity index is 542. The molecule has 0 bridgehead atoms. The molecule has 0 aromatic heterocycles. The molecule has 1 aromatic carbocycles. The van der Waals surface area contributed by atoms with Gasteiger partial charge in [0.1, 0.15) is 5.60 Å². The van der Waals surface area contributed by atoms with E-state index in [-0.39, 0.29) is 11.5 Å². The molecule has 0 saturated carbocycles. The van der Waals surface area contributed by atoms with E-state index in [1.165, 1.54) is 5.56 Å². The second-order valence-corrected chi connectivity index (χ2v) is 7.36. The van der Waals surface area contributed by atoms with Gasteiger partial charge in [0.05, 0.1) is 0 Å². The van der Waals surface area contributed by atoms with Crippen LogP contribution in [0.15, 0.2) is 42.1 Å². The van der Waals surface area contributed by atoms with Crippen LogP contribution < -0.4 is 5.32 Å². The predicted octanol–water partition coefficient (Wildman–Crippen LogP) is 4.83. The summed E-state index contributed by atoms with van der Waals surface area (Å²) in [6, 6.07) is 10.4. The Labute approximate surface area is 133 Å². The van der Waals surface area contributed by atoms with Crippen LogP contribution in [0, 0.1) is 5.41 Å². The molecule has 1 atom stereocenters. The van der Waals surface area contributed by atoms with Crippen molar-refractivity contribution in [3.8, 4) is 0 Å². The van der Waals surface area contributed by atoms with Crippen LogP contribution in [0.5, 0.6) is 0 Å². The highest BCUT2D eigenvalue weighted by Gasteiger charge is 2.33. The summed E-state index contributed by atoms with van der Waals surface area (Å²) in [6.45, 7) is 7.86. The number of alkyl carbamates (subject to hydrolysis) is 1. The molecule has 1 N–H and O–H groups in total. The minimum absolute atomic E-state index is 0.0451. The fourth-order valence-corrected chi connectivity index (χ4v) is 2.97. The Kier molecular flexibility index (Phi) is 4.94. The molecule has 3 nitrogen and oxygen atoms in total. The van der Waals surface area contributed by atoms with Gasteiger partial charge in [0.15, 0.2) is 0 Å². The predicted molar refractivity (Wildman–Crippen MR) is 89.6 cm³/mol. The lowest BCUT2D eigenvalue weighted by molar-refractivity contribution is 0.0528. The summed E-state index contributed by atoms with van der Waals surface area (Å²) in [7, 11) is 0. The van der Waals surface area contributed by atoms with Gasteiger partial charge in [-0.25, -0.2) is 4.79 Å². The monoisotopic (exact) mass is 301 g/mol. The van der Waals surface area contributed by atoms with Crippen molar-refractivity contribution in [3.05, 3.63) is 47.7 Å². The summed E-state index contributed by atoms with van der Waals surface area (Å²) in [5, 5.41) is 2.99. The number of nitrogens with one attached hydrogen (secondary N) is 1. The molecule has 22 heavy (non-hydrogen) atoms. The van der Waals surface area contributed by atoms with Crippen LogP contribution in [-0.2, 0) is 11.2 Å². The zero-order valence-electron chi connectivity index (χ0n) is 14.1. The molecule has 2 rings (SSSR count). The van der Waals surface area contributed by atoms with Gasteiger partial charge in [-0.15, -0.1) is 0 Å². The topological polar surface area (TPSA) is 38.3 Å². The maximum atomic E-state index is 12.1. The fourth-order valence-electron chi connectivity index (χ4n) is 2.97. The number of ether oxygens (including phenoxy) is 1. The van der Waals surface area contributed by atoms with E-state index in [4.69, 9.17) is 4.74 Å². The lowest BCUT2D eigenvalue weighted by Crippen LogP contribution is -2.39. The van der Waals surface area contributed by atoms with E-state index < -0.39 is 5.60 Å². The third kappa shape index (κ3) is 4.62. The van der Waals surface area contributed by atoms with Crippen molar-refractivity contribution in [3.63, 3.8) is 0 Å². The standard InChI is InChI=1S/C19H27NO2/c1-18(2,3)22-17(21)20-16-12-8-9-13-19(16,4)14-15-10-6-5-7-11-15/h5-7,10-12H,8-9,13-14H2,1-4H3,(H,20,21). The zero-order chi connectivity index (χ0) is 16.2. The summed E-state index contributed by atoms with van der Waals surface area (Å²) in [5.41, 5.74) is 1.77. The van der Waals surface area contributed by atoms with Gasteiger partial charge < -0.3 is 4.74 Å². The first-order chi connectivity index (χ1) is 10.3. The van der Waals surface area contributed by atoms with Crippen LogP contribution in [0.2, 0.25) is 0 Å². The fraction of sp³-hybridized carbons (Fsp3) is 0.526. The molecule has 0 spiro atoms. The summed E-state index contributed by atoms with van der Waals surface area (Å²) in [5.74, 6) is 0. The molecule has 1 aliphatic carbocycles. The van der Waals surface area contributed by atoms with Crippen LogP contribution in [-0.4, -0.2) is 11.7 Å². The van der Waals surface area contributed by atoms with E-state index in [1.807, 2.05) is 26.8 Å². The van der Waals surface area contributed by atoms with E-state index in [0.29, 0.717) is 0 Å². The molecular weight excluding hydrogens is 274 g/mol. The Morgan fingerprint density at radius 3 is 2.59 bits per heavy atom. The van der Waals surface area contributed by atoms with E-state index in [0.717, 1.165) is 31.4 Å². The largest absolute Gasteiger partial charge is 0.444 e. The van der Waals surface area contributed by atoms with Crippen LogP contribution in [0.1, 0.15) is 52.5 Å². The Hall–Kier alpha value is -1.77. The molecule has 1 aromatic rings. The maximum Gasteiger partial charge on any atom is 0.411 e. The Morgan fingerprint density at radius 2 is 1.95 bits per heavy atom. The van der Waals surface area contributed by atoms with Gasteiger partial charge in [-0.1, -0.05) is 43.3 Å². The molecule has 0 saturated heterocycles. The number of rotatable bonds is 3. The third-order valence-corrected chi connectivity index (χ3v) is 4.00. The molecule has 120 valence electrons. The zero-order valence-corrected chi connectivity index (χ0v) is 14.1. The molecule has 1 aliphatic rings. The first kappa shape index (κ1) is 16.6. The maximum absolute atomic E-state index is 12.1. The third-order valence-electron chi connectivity index (χ3n) is 4.00. The van der Waals surface area contributed by atoms with Crippen LogP contribution in [0.4, 0.5) is 4.79 Å². The van der Waals surface area contributed by atoms with E-state index >= 15 is 0 Å². The van der Waals surface area contributed by atoms with Gasteiger partial charge in [-0.3, -0.25) is 5.32 Å². The molecule has 3 heteroatoms. The van der Waals surface area contributed by atoms with Gasteiger partial charge in [0, 0.05) is 11.1 Å². The Morgan fingerprint density at radius 1 is 1.27 bits per heavy atom. The van der Waals surface area contributed by atoms with Gasteiger partial charge >= 0.3 is 6.09 Å². The number of carbonyl (C=O) groups excluding carboxylic acids is 1. The van der Waals surface area contributed by atoms with Crippen molar-refractivity contribution in [1.29, 1.82) is 0 Å². The Balaban J connectivity index is 2.10. The lowest BCUT2D eigenvalue weighted by Gasteiger charge is -2.36. The first-order valence-corrected chi connectivity index (χ1v) is 8.03. The summed E-state index contributed by atoms with van der Waals surface area (Å²) in [4.78, 5) is 12.1.